The molecule has 2 atom stereocenters. The van der Waals surface area contributed by atoms with Crippen LogP contribution in [0, 0.1) is 0 Å². The Morgan fingerprint density at radius 2 is 2.05 bits per heavy atom. The molecule has 0 bridgehead atoms. The van der Waals surface area contributed by atoms with Crippen molar-refractivity contribution in [1.29, 1.82) is 0 Å². The SMILES string of the molecule is COc1cc(OC)c2c(c1C(C)=O)O[C@@]1(C)C=CCC[C@@H]21. The Morgan fingerprint density at radius 1 is 1.33 bits per heavy atom. The molecule has 0 amide bonds. The normalized spacial score (nSPS) is 25.8. The van der Waals surface area contributed by atoms with Gasteiger partial charge in [-0.05, 0) is 32.8 Å². The van der Waals surface area contributed by atoms with E-state index < -0.39 is 5.60 Å². The van der Waals surface area contributed by atoms with E-state index in [0.29, 0.717) is 17.1 Å². The lowest BCUT2D eigenvalue weighted by Gasteiger charge is -2.30. The topological polar surface area (TPSA) is 44.8 Å². The van der Waals surface area contributed by atoms with E-state index >= 15 is 0 Å². The predicted octanol–water partition coefficient (Wildman–Crippen LogP) is 3.49. The third-order valence-corrected chi connectivity index (χ3v) is 4.47. The number of allylic oxidation sites excluding steroid dienone is 1. The molecule has 4 heteroatoms. The highest BCUT2D eigenvalue weighted by molar-refractivity contribution is 6.01. The average Bonchev–Trinajstić information content (AvgIpc) is 2.77. The maximum atomic E-state index is 12.1. The van der Waals surface area contributed by atoms with Gasteiger partial charge in [-0.1, -0.05) is 6.08 Å². The smallest absolute Gasteiger partial charge is 0.167 e. The number of methoxy groups -OCH3 is 2. The Morgan fingerprint density at radius 3 is 2.67 bits per heavy atom. The minimum Gasteiger partial charge on any atom is -0.496 e. The van der Waals surface area contributed by atoms with Gasteiger partial charge in [0.1, 0.15) is 28.4 Å². The second-order valence-corrected chi connectivity index (χ2v) is 5.77. The monoisotopic (exact) mass is 288 g/mol. The highest BCUT2D eigenvalue weighted by atomic mass is 16.5. The van der Waals surface area contributed by atoms with Crippen LogP contribution in [-0.2, 0) is 0 Å². The zero-order chi connectivity index (χ0) is 15.2. The molecular weight excluding hydrogens is 268 g/mol. The number of ketones is 1. The molecule has 1 aromatic rings. The van der Waals surface area contributed by atoms with Crippen LogP contribution in [0.4, 0.5) is 0 Å². The molecule has 0 saturated carbocycles. The maximum Gasteiger partial charge on any atom is 0.167 e. The summed E-state index contributed by atoms with van der Waals surface area (Å²) >= 11 is 0. The molecule has 0 spiro atoms. The van der Waals surface area contributed by atoms with Crippen LogP contribution in [-0.4, -0.2) is 25.6 Å². The van der Waals surface area contributed by atoms with Crippen molar-refractivity contribution in [2.45, 2.75) is 38.2 Å². The van der Waals surface area contributed by atoms with Crippen molar-refractivity contribution in [2.24, 2.45) is 0 Å². The summed E-state index contributed by atoms with van der Waals surface area (Å²) in [5.74, 6) is 2.01. The molecule has 0 unspecified atom stereocenters. The number of carbonyl (C=O) groups excluding carboxylic acids is 1. The lowest BCUT2D eigenvalue weighted by atomic mass is 9.78. The minimum atomic E-state index is -0.412. The maximum absolute atomic E-state index is 12.1. The minimum absolute atomic E-state index is 0.0584. The molecule has 1 heterocycles. The Hall–Kier alpha value is -1.97. The van der Waals surface area contributed by atoms with Crippen LogP contribution in [0.5, 0.6) is 17.2 Å². The molecule has 112 valence electrons. The van der Waals surface area contributed by atoms with E-state index in [1.54, 1.807) is 20.3 Å². The first-order valence-electron chi connectivity index (χ1n) is 7.18. The van der Waals surface area contributed by atoms with Crippen LogP contribution in [0.15, 0.2) is 18.2 Å². The number of fused-ring (bicyclic) bond motifs is 3. The van der Waals surface area contributed by atoms with E-state index in [1.807, 2.05) is 0 Å². The molecule has 1 aromatic carbocycles. The third-order valence-electron chi connectivity index (χ3n) is 4.47. The van der Waals surface area contributed by atoms with Gasteiger partial charge < -0.3 is 14.2 Å². The molecule has 0 fully saturated rings. The Labute approximate surface area is 124 Å². The van der Waals surface area contributed by atoms with Gasteiger partial charge in [0.15, 0.2) is 5.78 Å². The van der Waals surface area contributed by atoms with Crippen LogP contribution < -0.4 is 14.2 Å². The van der Waals surface area contributed by atoms with Crippen molar-refractivity contribution in [2.75, 3.05) is 14.2 Å². The van der Waals surface area contributed by atoms with Crippen molar-refractivity contribution >= 4 is 5.78 Å². The zero-order valence-electron chi connectivity index (χ0n) is 12.9. The predicted molar refractivity (Wildman–Crippen MR) is 79.7 cm³/mol. The Kier molecular flexibility index (Phi) is 3.19. The van der Waals surface area contributed by atoms with E-state index in [1.165, 1.54) is 6.92 Å². The molecule has 1 aliphatic carbocycles. The van der Waals surface area contributed by atoms with E-state index in [2.05, 4.69) is 19.1 Å². The quantitative estimate of drug-likeness (QED) is 0.631. The van der Waals surface area contributed by atoms with Gasteiger partial charge >= 0.3 is 0 Å². The second-order valence-electron chi connectivity index (χ2n) is 5.77. The summed E-state index contributed by atoms with van der Waals surface area (Å²) in [4.78, 5) is 12.1. The van der Waals surface area contributed by atoms with Gasteiger partial charge in [0.05, 0.1) is 14.2 Å². The van der Waals surface area contributed by atoms with E-state index in [-0.39, 0.29) is 11.7 Å². The number of hydrogen-bond acceptors (Lipinski definition) is 4. The van der Waals surface area contributed by atoms with E-state index in [0.717, 1.165) is 24.2 Å². The molecular formula is C17H20O4. The van der Waals surface area contributed by atoms with E-state index in [9.17, 15) is 4.79 Å². The fourth-order valence-corrected chi connectivity index (χ4v) is 3.47. The number of Topliss-reactive ketones (excluding diaryl/α,β-unsaturated/α-hetero) is 1. The number of carbonyl (C=O) groups is 1. The average molecular weight is 288 g/mol. The number of rotatable bonds is 3. The first-order valence-corrected chi connectivity index (χ1v) is 7.18. The standard InChI is InChI=1S/C17H20O4/c1-10(18)14-12(19-3)9-13(20-4)15-11-7-5-6-8-17(11,2)21-16(14)15/h6,8-9,11H,5,7H2,1-4H3/t11-,17-/m0/s1. The van der Waals surface area contributed by atoms with Crippen molar-refractivity contribution in [3.63, 3.8) is 0 Å². The molecule has 0 N–H and O–H groups in total. The van der Waals surface area contributed by atoms with Gasteiger partial charge in [0, 0.05) is 17.5 Å². The molecule has 0 aromatic heterocycles. The van der Waals surface area contributed by atoms with Gasteiger partial charge in [-0.15, -0.1) is 0 Å². The lowest BCUT2D eigenvalue weighted by molar-refractivity contribution is 0.0993. The zero-order valence-corrected chi connectivity index (χ0v) is 12.9. The molecule has 0 radical (unpaired) electrons. The number of hydrogen-bond donors (Lipinski definition) is 0. The Bertz CT molecular complexity index is 632. The summed E-state index contributed by atoms with van der Waals surface area (Å²) in [5, 5.41) is 0. The van der Waals surface area contributed by atoms with Gasteiger partial charge in [-0.3, -0.25) is 4.79 Å². The highest BCUT2D eigenvalue weighted by Crippen LogP contribution is 2.56. The molecule has 3 rings (SSSR count). The molecule has 4 nitrogen and oxygen atoms in total. The fourth-order valence-electron chi connectivity index (χ4n) is 3.47. The van der Waals surface area contributed by atoms with Crippen molar-refractivity contribution < 1.29 is 19.0 Å². The van der Waals surface area contributed by atoms with Crippen molar-refractivity contribution in [3.05, 3.63) is 29.3 Å². The number of benzene rings is 1. The van der Waals surface area contributed by atoms with Crippen LogP contribution >= 0.6 is 0 Å². The lowest BCUT2D eigenvalue weighted by Crippen LogP contribution is -2.33. The largest absolute Gasteiger partial charge is 0.496 e. The second kappa shape index (κ2) is 4.79. The molecule has 1 aliphatic heterocycles. The van der Waals surface area contributed by atoms with Crippen LogP contribution in [0.25, 0.3) is 0 Å². The summed E-state index contributed by atoms with van der Waals surface area (Å²) in [5.41, 5.74) is 1.09. The van der Waals surface area contributed by atoms with Gasteiger partial charge in [0.2, 0.25) is 0 Å². The van der Waals surface area contributed by atoms with Gasteiger partial charge in [0.25, 0.3) is 0 Å². The summed E-state index contributed by atoms with van der Waals surface area (Å²) in [6.07, 6.45) is 6.23. The first-order chi connectivity index (χ1) is 10.0. The van der Waals surface area contributed by atoms with Gasteiger partial charge in [-0.2, -0.15) is 0 Å². The summed E-state index contributed by atoms with van der Waals surface area (Å²) in [7, 11) is 3.19. The Balaban J connectivity index is 2.28. The molecule has 0 saturated heterocycles. The third kappa shape index (κ3) is 1.93. The van der Waals surface area contributed by atoms with Crippen molar-refractivity contribution in [1.82, 2.24) is 0 Å². The van der Waals surface area contributed by atoms with Crippen LogP contribution in [0.2, 0.25) is 0 Å². The van der Waals surface area contributed by atoms with Crippen LogP contribution in [0.1, 0.15) is 48.5 Å². The van der Waals surface area contributed by atoms with Crippen molar-refractivity contribution in [3.8, 4) is 17.2 Å². The number of ether oxygens (including phenoxy) is 3. The van der Waals surface area contributed by atoms with E-state index in [4.69, 9.17) is 14.2 Å². The first kappa shape index (κ1) is 14.0. The molecule has 21 heavy (non-hydrogen) atoms. The highest BCUT2D eigenvalue weighted by Gasteiger charge is 2.48. The summed E-state index contributed by atoms with van der Waals surface area (Å²) in [6, 6.07) is 1.79. The van der Waals surface area contributed by atoms with Gasteiger partial charge in [-0.25, -0.2) is 0 Å². The van der Waals surface area contributed by atoms with Crippen LogP contribution in [0.3, 0.4) is 0 Å². The molecule has 2 aliphatic rings. The fraction of sp³-hybridized carbons (Fsp3) is 0.471. The summed E-state index contributed by atoms with van der Waals surface area (Å²) in [6.45, 7) is 3.59. The summed E-state index contributed by atoms with van der Waals surface area (Å²) < 4.78 is 17.1.